The Kier molecular flexibility index (Phi) is 4.09. The molecular weight excluding hydrogens is 359 g/mol. The van der Waals surface area contributed by atoms with E-state index >= 15 is 0 Å². The summed E-state index contributed by atoms with van der Waals surface area (Å²) in [5.74, 6) is 0.539. The molecule has 0 aliphatic heterocycles. The van der Waals surface area contributed by atoms with E-state index in [9.17, 15) is 9.18 Å². The van der Waals surface area contributed by atoms with E-state index in [4.69, 9.17) is 4.74 Å². The molecule has 0 radical (unpaired) electrons. The summed E-state index contributed by atoms with van der Waals surface area (Å²) in [5.41, 5.74) is 0.983. The topological polar surface area (TPSA) is 95.2 Å². The summed E-state index contributed by atoms with van der Waals surface area (Å²) in [6.07, 6.45) is 7.30. The number of hydrogen-bond acceptors (Lipinski definition) is 8. The lowest BCUT2D eigenvalue weighted by atomic mass is 10.1. The van der Waals surface area contributed by atoms with Gasteiger partial charge in [0.2, 0.25) is 0 Å². The van der Waals surface area contributed by atoms with E-state index in [0.717, 1.165) is 11.3 Å². The number of aryl methyl sites for hydroxylation is 1. The molecule has 0 amide bonds. The van der Waals surface area contributed by atoms with Crippen LogP contribution < -0.4 is 4.74 Å². The summed E-state index contributed by atoms with van der Waals surface area (Å²) in [4.78, 5) is 28.7. The van der Waals surface area contributed by atoms with Gasteiger partial charge in [-0.1, -0.05) is 11.3 Å². The molecule has 0 atom stereocenters. The molecule has 8 nitrogen and oxygen atoms in total. The van der Waals surface area contributed by atoms with E-state index in [-0.39, 0.29) is 23.0 Å². The van der Waals surface area contributed by atoms with Crippen LogP contribution in [0.4, 0.5) is 4.39 Å². The minimum atomic E-state index is -0.387. The van der Waals surface area contributed by atoms with Gasteiger partial charge in [0, 0.05) is 0 Å². The number of thiazole rings is 1. The molecule has 0 fully saturated rings. The average Bonchev–Trinajstić information content (AvgIpc) is 3.21. The molecule has 4 aromatic rings. The van der Waals surface area contributed by atoms with Crippen LogP contribution in [0.25, 0.3) is 5.65 Å². The first-order valence-electron chi connectivity index (χ1n) is 7.51. The first kappa shape index (κ1) is 16.2. The SMILES string of the molecule is Cc1nc(CC(=O)c2cc(Oc3cncnc3)cn3ncnc23)sc1F. The number of fused-ring (bicyclic) bond motifs is 1. The summed E-state index contributed by atoms with van der Waals surface area (Å²) >= 11 is 0.862. The van der Waals surface area contributed by atoms with Crippen LogP contribution >= 0.6 is 11.3 Å². The minimum absolute atomic E-state index is 0.0319. The van der Waals surface area contributed by atoms with Gasteiger partial charge in [0.1, 0.15) is 23.4 Å². The normalized spacial score (nSPS) is 11.0. The van der Waals surface area contributed by atoms with Gasteiger partial charge in [0.25, 0.3) is 0 Å². The number of ether oxygens (including phenoxy) is 1. The molecule has 4 aromatic heterocycles. The van der Waals surface area contributed by atoms with Crippen molar-refractivity contribution in [2.45, 2.75) is 13.3 Å². The molecule has 4 rings (SSSR count). The van der Waals surface area contributed by atoms with E-state index in [1.165, 1.54) is 29.6 Å². The van der Waals surface area contributed by atoms with Crippen molar-refractivity contribution in [1.82, 2.24) is 29.5 Å². The van der Waals surface area contributed by atoms with Gasteiger partial charge in [-0.3, -0.25) is 4.79 Å². The number of rotatable bonds is 5. The van der Waals surface area contributed by atoms with E-state index in [0.29, 0.717) is 27.7 Å². The van der Waals surface area contributed by atoms with Crippen molar-refractivity contribution in [2.24, 2.45) is 0 Å². The van der Waals surface area contributed by atoms with Crippen molar-refractivity contribution in [3.8, 4) is 11.5 Å². The molecule has 0 spiro atoms. The van der Waals surface area contributed by atoms with Crippen LogP contribution in [-0.2, 0) is 6.42 Å². The van der Waals surface area contributed by atoms with Gasteiger partial charge in [-0.05, 0) is 13.0 Å². The van der Waals surface area contributed by atoms with Crippen molar-refractivity contribution in [3.05, 3.63) is 58.7 Å². The highest BCUT2D eigenvalue weighted by molar-refractivity contribution is 7.10. The molecule has 0 N–H and O–H groups in total. The number of halogens is 1. The third-order valence-electron chi connectivity index (χ3n) is 3.52. The zero-order valence-electron chi connectivity index (χ0n) is 13.5. The standard InChI is InChI=1S/C16H11FN6O2S/c1-9-15(17)26-14(22-9)3-13(24)12-2-10(6-23-16(12)20-8-21-23)25-11-4-18-7-19-5-11/h2,4-8H,3H2,1H3. The number of Topliss-reactive ketones (excluding diaryl/α,β-unsaturated/α-hetero) is 1. The van der Waals surface area contributed by atoms with Gasteiger partial charge < -0.3 is 4.74 Å². The maximum atomic E-state index is 13.5. The van der Waals surface area contributed by atoms with E-state index < -0.39 is 0 Å². The smallest absolute Gasteiger partial charge is 0.199 e. The molecule has 0 saturated carbocycles. The second-order valence-corrected chi connectivity index (χ2v) is 6.39. The van der Waals surface area contributed by atoms with Crippen LogP contribution in [0, 0.1) is 12.1 Å². The Morgan fingerprint density at radius 1 is 1.27 bits per heavy atom. The largest absolute Gasteiger partial charge is 0.452 e. The molecule has 0 aromatic carbocycles. The van der Waals surface area contributed by atoms with Crippen molar-refractivity contribution in [2.75, 3.05) is 0 Å². The Hall–Kier alpha value is -3.27. The van der Waals surface area contributed by atoms with E-state index in [1.807, 2.05) is 0 Å². The second-order valence-electron chi connectivity index (χ2n) is 5.36. The Bertz CT molecular complexity index is 1080. The first-order chi connectivity index (χ1) is 12.6. The van der Waals surface area contributed by atoms with Crippen LogP contribution in [0.5, 0.6) is 11.5 Å². The Morgan fingerprint density at radius 2 is 2.08 bits per heavy atom. The number of pyridine rings is 1. The summed E-state index contributed by atoms with van der Waals surface area (Å²) in [6.45, 7) is 1.56. The fraction of sp³-hybridized carbons (Fsp3) is 0.125. The van der Waals surface area contributed by atoms with Crippen molar-refractivity contribution in [1.29, 1.82) is 0 Å². The lowest BCUT2D eigenvalue weighted by molar-refractivity contribution is 0.0993. The second kappa shape index (κ2) is 6.56. The van der Waals surface area contributed by atoms with E-state index in [2.05, 4.69) is 25.0 Å². The lowest BCUT2D eigenvalue weighted by Gasteiger charge is -2.08. The highest BCUT2D eigenvalue weighted by Gasteiger charge is 2.18. The summed E-state index contributed by atoms with van der Waals surface area (Å²) in [5, 5.41) is 4.08. The van der Waals surface area contributed by atoms with Gasteiger partial charge in [-0.25, -0.2) is 24.5 Å². The van der Waals surface area contributed by atoms with Gasteiger partial charge in [-0.2, -0.15) is 9.49 Å². The fourth-order valence-corrected chi connectivity index (χ4v) is 3.16. The monoisotopic (exact) mass is 370 g/mol. The summed E-state index contributed by atoms with van der Waals surface area (Å²) in [6, 6.07) is 1.57. The zero-order chi connectivity index (χ0) is 18.1. The van der Waals surface area contributed by atoms with Gasteiger partial charge >= 0.3 is 0 Å². The molecule has 26 heavy (non-hydrogen) atoms. The van der Waals surface area contributed by atoms with Crippen LogP contribution in [0.2, 0.25) is 0 Å². The average molecular weight is 370 g/mol. The number of nitrogens with zero attached hydrogens (tertiary/aromatic N) is 6. The quantitative estimate of drug-likeness (QED) is 0.498. The Balaban J connectivity index is 1.68. The zero-order valence-corrected chi connectivity index (χ0v) is 14.3. The Morgan fingerprint density at radius 3 is 2.81 bits per heavy atom. The molecule has 0 saturated heterocycles. The van der Waals surface area contributed by atoms with Crippen molar-refractivity contribution in [3.63, 3.8) is 0 Å². The molecule has 130 valence electrons. The summed E-state index contributed by atoms with van der Waals surface area (Å²) in [7, 11) is 0. The first-order valence-corrected chi connectivity index (χ1v) is 8.33. The highest BCUT2D eigenvalue weighted by atomic mass is 32.1. The van der Waals surface area contributed by atoms with Crippen LogP contribution in [0.1, 0.15) is 21.1 Å². The predicted octanol–water partition coefficient (Wildman–Crippen LogP) is 2.64. The molecule has 4 heterocycles. The summed E-state index contributed by atoms with van der Waals surface area (Å²) < 4.78 is 20.6. The predicted molar refractivity (Wildman–Crippen MR) is 89.9 cm³/mol. The van der Waals surface area contributed by atoms with Crippen molar-refractivity contribution >= 4 is 22.8 Å². The van der Waals surface area contributed by atoms with Gasteiger partial charge in [-0.15, -0.1) is 0 Å². The third-order valence-corrected chi connectivity index (χ3v) is 4.47. The molecule has 10 heteroatoms. The maximum absolute atomic E-state index is 13.5. The Labute approximate surface area is 150 Å². The van der Waals surface area contributed by atoms with Gasteiger partial charge in [0.05, 0.1) is 36.3 Å². The maximum Gasteiger partial charge on any atom is 0.199 e. The van der Waals surface area contributed by atoms with Gasteiger partial charge in [0.15, 0.2) is 22.3 Å². The van der Waals surface area contributed by atoms with Crippen LogP contribution in [0.15, 0.2) is 37.3 Å². The number of ketones is 1. The molecule has 0 unspecified atom stereocenters. The molecule has 0 bridgehead atoms. The highest BCUT2D eigenvalue weighted by Crippen LogP contribution is 2.24. The fourth-order valence-electron chi connectivity index (χ4n) is 2.38. The van der Waals surface area contributed by atoms with Crippen molar-refractivity contribution < 1.29 is 13.9 Å². The molecule has 0 aliphatic rings. The van der Waals surface area contributed by atoms with E-state index in [1.54, 1.807) is 19.2 Å². The third kappa shape index (κ3) is 3.14. The minimum Gasteiger partial charge on any atom is -0.452 e. The number of carbonyl (C=O) groups excluding carboxylic acids is 1. The molecule has 0 aliphatic carbocycles. The number of hydrogen-bond donors (Lipinski definition) is 0. The lowest BCUT2D eigenvalue weighted by Crippen LogP contribution is -2.07. The molecular formula is C16H11FN6O2S. The van der Waals surface area contributed by atoms with Crippen LogP contribution in [-0.4, -0.2) is 35.3 Å². The number of aromatic nitrogens is 6. The van der Waals surface area contributed by atoms with Crippen LogP contribution in [0.3, 0.4) is 0 Å². The number of carbonyl (C=O) groups is 1.